The number of aliphatic hydroxyl groups excluding tert-OH is 1. The largest absolute Gasteiger partial charge is 0.508 e. The highest BCUT2D eigenvalue weighted by atomic mass is 32.2. The van der Waals surface area contributed by atoms with Gasteiger partial charge in [-0.2, -0.15) is 11.8 Å². The van der Waals surface area contributed by atoms with Crippen molar-refractivity contribution in [2.45, 2.75) is 50.9 Å². The zero-order valence-electron chi connectivity index (χ0n) is 19.5. The van der Waals surface area contributed by atoms with Gasteiger partial charge in [0.15, 0.2) is 0 Å². The van der Waals surface area contributed by atoms with E-state index in [9.17, 15) is 34.5 Å². The van der Waals surface area contributed by atoms with Crippen molar-refractivity contribution in [2.75, 3.05) is 18.6 Å². The highest BCUT2D eigenvalue weighted by Crippen LogP contribution is 2.12. The minimum absolute atomic E-state index is 0.0136. The Morgan fingerprint density at radius 2 is 1.56 bits per heavy atom. The number of aliphatic hydroxyl groups is 1. The zero-order valence-corrected chi connectivity index (χ0v) is 20.3. The maximum absolute atomic E-state index is 12.8. The molecule has 4 atom stereocenters. The van der Waals surface area contributed by atoms with Crippen LogP contribution in [0.15, 0.2) is 24.3 Å². The lowest BCUT2D eigenvalue weighted by Gasteiger charge is -2.26. The first-order chi connectivity index (χ1) is 16.0. The number of phenolic OH excluding ortho intramolecular Hbond substituents is 1. The van der Waals surface area contributed by atoms with E-state index in [0.29, 0.717) is 17.7 Å². The normalized spacial score (nSPS) is 14.5. The third-order valence-electron chi connectivity index (χ3n) is 5.02. The van der Waals surface area contributed by atoms with Crippen molar-refractivity contribution in [1.82, 2.24) is 16.0 Å². The highest BCUT2D eigenvalue weighted by Gasteiger charge is 2.31. The summed E-state index contributed by atoms with van der Waals surface area (Å²) < 4.78 is 0. The maximum atomic E-state index is 12.8. The number of nitrogens with one attached hydrogen (secondary N) is 3. The van der Waals surface area contributed by atoms with E-state index in [4.69, 9.17) is 5.73 Å². The van der Waals surface area contributed by atoms with Crippen molar-refractivity contribution >= 4 is 35.5 Å². The van der Waals surface area contributed by atoms with Gasteiger partial charge in [0.2, 0.25) is 17.7 Å². The predicted octanol–water partition coefficient (Wildman–Crippen LogP) is -0.798. The summed E-state index contributed by atoms with van der Waals surface area (Å²) >= 11 is 1.54. The third kappa shape index (κ3) is 9.57. The first-order valence-electron chi connectivity index (χ1n) is 10.8. The number of carbonyl (C=O) groups is 4. The molecule has 0 aliphatic heterocycles. The topological polar surface area (TPSA) is 191 Å². The van der Waals surface area contributed by atoms with Gasteiger partial charge in [0.05, 0.1) is 12.6 Å². The molecule has 0 fully saturated rings. The van der Waals surface area contributed by atoms with Crippen molar-refractivity contribution in [2.24, 2.45) is 11.7 Å². The van der Waals surface area contributed by atoms with E-state index in [1.54, 1.807) is 13.8 Å². The van der Waals surface area contributed by atoms with Gasteiger partial charge in [-0.05, 0) is 42.0 Å². The molecule has 0 aliphatic rings. The molecule has 0 saturated heterocycles. The van der Waals surface area contributed by atoms with Gasteiger partial charge in [0, 0.05) is 6.42 Å². The number of nitrogens with two attached hydrogens (primary N) is 1. The summed E-state index contributed by atoms with van der Waals surface area (Å²) in [5, 5.41) is 35.7. The molecule has 3 amide bonds. The van der Waals surface area contributed by atoms with E-state index in [-0.39, 0.29) is 18.1 Å². The lowest BCUT2D eigenvalue weighted by Crippen LogP contribution is -2.59. The van der Waals surface area contributed by atoms with Gasteiger partial charge >= 0.3 is 5.97 Å². The maximum Gasteiger partial charge on any atom is 0.326 e. The van der Waals surface area contributed by atoms with Gasteiger partial charge in [-0.25, -0.2) is 4.79 Å². The summed E-state index contributed by atoms with van der Waals surface area (Å²) in [5.74, 6) is -3.08. The molecule has 8 N–H and O–H groups in total. The number of carboxylic acid groups (broad SMARTS) is 1. The van der Waals surface area contributed by atoms with Crippen LogP contribution in [0.2, 0.25) is 0 Å². The Morgan fingerprint density at radius 3 is 2.06 bits per heavy atom. The van der Waals surface area contributed by atoms with Crippen LogP contribution < -0.4 is 21.7 Å². The fourth-order valence-electron chi connectivity index (χ4n) is 2.97. The Kier molecular flexibility index (Phi) is 12.4. The highest BCUT2D eigenvalue weighted by molar-refractivity contribution is 7.98. The fraction of sp³-hybridized carbons (Fsp3) is 0.545. The summed E-state index contributed by atoms with van der Waals surface area (Å²) in [6, 6.07) is 1.23. The molecule has 1 rings (SSSR count). The summed E-state index contributed by atoms with van der Waals surface area (Å²) in [6.07, 6.45) is 2.24. The van der Waals surface area contributed by atoms with Crippen LogP contribution in [-0.4, -0.2) is 81.8 Å². The number of thioether (sulfide) groups is 1. The molecule has 0 spiro atoms. The van der Waals surface area contributed by atoms with E-state index in [2.05, 4.69) is 16.0 Å². The number of benzene rings is 1. The van der Waals surface area contributed by atoms with Gasteiger partial charge < -0.3 is 37.0 Å². The number of hydrogen-bond donors (Lipinski definition) is 7. The first-order valence-corrected chi connectivity index (χ1v) is 12.2. The van der Waals surface area contributed by atoms with Crippen LogP contribution in [0.1, 0.15) is 25.8 Å². The summed E-state index contributed by atoms with van der Waals surface area (Å²) in [6.45, 7) is 2.61. The molecule has 0 aliphatic carbocycles. The second kappa shape index (κ2) is 14.4. The van der Waals surface area contributed by atoms with E-state index in [1.165, 1.54) is 36.0 Å². The molecular formula is C22H34N4O7S. The van der Waals surface area contributed by atoms with Gasteiger partial charge in [-0.1, -0.05) is 26.0 Å². The minimum Gasteiger partial charge on any atom is -0.508 e. The standard InChI is InChI=1S/C22H34N4O7S/c1-12(2)18(26-19(29)15(23)8-9-34-3)21(31)25-17(11-27)20(30)24-16(22(32)33)10-13-4-6-14(28)7-5-13/h4-7,12,15-18,27-28H,8-11,23H2,1-3H3,(H,24,30)(H,25,31)(H,26,29)(H,32,33). The number of amides is 3. The Balaban J connectivity index is 2.82. The number of aromatic hydroxyl groups is 1. The number of aliphatic carboxylic acids is 1. The van der Waals surface area contributed by atoms with Crippen LogP contribution in [0.4, 0.5) is 0 Å². The van der Waals surface area contributed by atoms with Crippen LogP contribution in [0.3, 0.4) is 0 Å². The van der Waals surface area contributed by atoms with E-state index in [1.807, 2.05) is 6.26 Å². The molecule has 0 aromatic heterocycles. The van der Waals surface area contributed by atoms with Crippen LogP contribution in [0.25, 0.3) is 0 Å². The van der Waals surface area contributed by atoms with Gasteiger partial charge in [-0.15, -0.1) is 0 Å². The Bertz CT molecular complexity index is 835. The third-order valence-corrected chi connectivity index (χ3v) is 5.67. The van der Waals surface area contributed by atoms with E-state index < -0.39 is 54.5 Å². The van der Waals surface area contributed by atoms with Gasteiger partial charge in [0.1, 0.15) is 23.9 Å². The monoisotopic (exact) mass is 498 g/mol. The molecule has 0 saturated carbocycles. The molecule has 0 radical (unpaired) electrons. The smallest absolute Gasteiger partial charge is 0.326 e. The van der Waals surface area contributed by atoms with Crippen LogP contribution in [-0.2, 0) is 25.6 Å². The molecule has 34 heavy (non-hydrogen) atoms. The summed E-state index contributed by atoms with van der Waals surface area (Å²) in [7, 11) is 0. The molecule has 0 bridgehead atoms. The number of phenols is 1. The molecule has 4 unspecified atom stereocenters. The molecule has 1 aromatic rings. The van der Waals surface area contributed by atoms with Crippen molar-refractivity contribution in [3.05, 3.63) is 29.8 Å². The Morgan fingerprint density at radius 1 is 0.971 bits per heavy atom. The van der Waals surface area contributed by atoms with Crippen molar-refractivity contribution in [3.8, 4) is 5.75 Å². The second-order valence-corrected chi connectivity index (χ2v) is 9.12. The molecule has 0 heterocycles. The number of rotatable bonds is 14. The van der Waals surface area contributed by atoms with Crippen LogP contribution in [0.5, 0.6) is 5.75 Å². The number of carboxylic acids is 1. The Hall–Kier alpha value is -2.83. The first kappa shape index (κ1) is 29.2. The second-order valence-electron chi connectivity index (χ2n) is 8.13. The molecular weight excluding hydrogens is 464 g/mol. The number of hydrogen-bond acceptors (Lipinski definition) is 8. The van der Waals surface area contributed by atoms with Crippen molar-refractivity contribution in [3.63, 3.8) is 0 Å². The van der Waals surface area contributed by atoms with E-state index >= 15 is 0 Å². The molecule has 11 nitrogen and oxygen atoms in total. The van der Waals surface area contributed by atoms with E-state index in [0.717, 1.165) is 0 Å². The van der Waals surface area contributed by atoms with Gasteiger partial charge in [0.25, 0.3) is 0 Å². The number of carbonyl (C=O) groups excluding carboxylic acids is 3. The summed E-state index contributed by atoms with van der Waals surface area (Å²) in [4.78, 5) is 49.3. The SMILES string of the molecule is CSCCC(N)C(=O)NC(C(=O)NC(CO)C(=O)NC(Cc1ccc(O)cc1)C(=O)O)C(C)C. The van der Waals surface area contributed by atoms with Crippen molar-refractivity contribution in [1.29, 1.82) is 0 Å². The molecule has 12 heteroatoms. The lowest BCUT2D eigenvalue weighted by molar-refractivity contribution is -0.142. The lowest BCUT2D eigenvalue weighted by atomic mass is 10.0. The fourth-order valence-corrected chi connectivity index (χ4v) is 3.46. The summed E-state index contributed by atoms with van der Waals surface area (Å²) in [5.41, 5.74) is 6.40. The average molecular weight is 499 g/mol. The van der Waals surface area contributed by atoms with Crippen LogP contribution in [0, 0.1) is 5.92 Å². The Labute approximate surface area is 202 Å². The quantitative estimate of drug-likeness (QED) is 0.172. The van der Waals surface area contributed by atoms with Crippen molar-refractivity contribution < 1.29 is 34.5 Å². The van der Waals surface area contributed by atoms with Gasteiger partial charge in [-0.3, -0.25) is 14.4 Å². The molecule has 1 aromatic carbocycles. The zero-order chi connectivity index (χ0) is 25.8. The predicted molar refractivity (Wildman–Crippen MR) is 128 cm³/mol. The molecule has 190 valence electrons. The van der Waals surface area contributed by atoms with Crippen LogP contribution >= 0.6 is 11.8 Å². The average Bonchev–Trinajstić information content (AvgIpc) is 2.79. The minimum atomic E-state index is -1.43.